The number of nitrogens with one attached hydrogen (secondary N) is 1. The molecule has 27 heavy (non-hydrogen) atoms. The molecule has 0 spiro atoms. The summed E-state index contributed by atoms with van der Waals surface area (Å²) in [6.45, 7) is 8.71. The maximum absolute atomic E-state index is 15.0. The minimum atomic E-state index is -0.655. The summed E-state index contributed by atoms with van der Waals surface area (Å²) in [5.41, 5.74) is 1.24. The number of aryl methyl sites for hydroxylation is 1. The van der Waals surface area contributed by atoms with Crippen molar-refractivity contribution in [1.29, 1.82) is 0 Å². The van der Waals surface area contributed by atoms with Crippen LogP contribution >= 0.6 is 23.2 Å². The summed E-state index contributed by atoms with van der Waals surface area (Å²) in [5, 5.41) is 6.65. The molecule has 1 N–H and O–H groups in total. The Labute approximate surface area is 164 Å². The van der Waals surface area contributed by atoms with E-state index in [0.29, 0.717) is 21.8 Å². The minimum absolute atomic E-state index is 0.0752. The summed E-state index contributed by atoms with van der Waals surface area (Å²) in [7, 11) is 0. The molecule has 0 saturated carbocycles. The minimum Gasteiger partial charge on any atom is -0.454 e. The Morgan fingerprint density at radius 2 is 2.04 bits per heavy atom. The standard InChI is InChI=1S/C19H12Cl2FN3O2/c1-10-5-14(24-25-19(10)26)6-11-3-4-16(21)18(17(11)22)27-15-8-12(20)7-13(9-15)23-2/h3-5,7-9H,6H2,1H3,(H,25,26). The second-order valence-electron chi connectivity index (χ2n) is 5.76. The van der Waals surface area contributed by atoms with Gasteiger partial charge in [0, 0.05) is 17.0 Å². The van der Waals surface area contributed by atoms with E-state index in [-0.39, 0.29) is 34.2 Å². The SMILES string of the molecule is [C-]#[N+]c1cc(Cl)cc(Oc2c(Cl)ccc(Cc3cc(C)c(=O)[nH]n3)c2F)c1. The lowest BCUT2D eigenvalue weighted by Crippen LogP contribution is -2.13. The van der Waals surface area contributed by atoms with Crippen LogP contribution in [0.15, 0.2) is 41.2 Å². The van der Waals surface area contributed by atoms with E-state index in [9.17, 15) is 9.18 Å². The van der Waals surface area contributed by atoms with E-state index < -0.39 is 5.82 Å². The lowest BCUT2D eigenvalue weighted by atomic mass is 10.1. The first kappa shape index (κ1) is 18.9. The van der Waals surface area contributed by atoms with Gasteiger partial charge in [0.05, 0.1) is 17.3 Å². The predicted molar refractivity (Wildman–Crippen MR) is 102 cm³/mol. The van der Waals surface area contributed by atoms with Crippen molar-refractivity contribution in [3.8, 4) is 11.5 Å². The molecule has 0 amide bonds. The molecule has 0 unspecified atom stereocenters. The monoisotopic (exact) mass is 403 g/mol. The molecule has 0 aliphatic carbocycles. The average Bonchev–Trinajstić information content (AvgIpc) is 2.63. The maximum atomic E-state index is 15.0. The number of aromatic amines is 1. The quantitative estimate of drug-likeness (QED) is 0.588. The molecular formula is C19H12Cl2FN3O2. The highest BCUT2D eigenvalue weighted by atomic mass is 35.5. The molecule has 1 aromatic heterocycles. The molecule has 2 aromatic carbocycles. The lowest BCUT2D eigenvalue weighted by molar-refractivity contribution is 0.439. The van der Waals surface area contributed by atoms with Gasteiger partial charge in [-0.1, -0.05) is 29.3 Å². The average molecular weight is 404 g/mol. The summed E-state index contributed by atoms with van der Waals surface area (Å²) in [6, 6.07) is 9.00. The number of hydrogen-bond acceptors (Lipinski definition) is 3. The smallest absolute Gasteiger partial charge is 0.267 e. The molecule has 136 valence electrons. The third-order valence-electron chi connectivity index (χ3n) is 3.75. The second-order valence-corrected chi connectivity index (χ2v) is 6.60. The van der Waals surface area contributed by atoms with E-state index in [1.54, 1.807) is 13.0 Å². The van der Waals surface area contributed by atoms with Gasteiger partial charge in [-0.2, -0.15) is 5.10 Å². The van der Waals surface area contributed by atoms with Crippen molar-refractivity contribution in [3.63, 3.8) is 0 Å². The van der Waals surface area contributed by atoms with E-state index >= 15 is 0 Å². The molecule has 0 bridgehead atoms. The summed E-state index contributed by atoms with van der Waals surface area (Å²) in [4.78, 5) is 14.7. The topological polar surface area (TPSA) is 59.3 Å². The van der Waals surface area contributed by atoms with Gasteiger partial charge in [0.2, 0.25) is 0 Å². The summed E-state index contributed by atoms with van der Waals surface area (Å²) >= 11 is 12.0. The largest absolute Gasteiger partial charge is 0.454 e. The predicted octanol–water partition coefficient (Wildman–Crippen LogP) is 5.46. The Hall–Kier alpha value is -2.88. The third kappa shape index (κ3) is 4.27. The van der Waals surface area contributed by atoms with Gasteiger partial charge in [0.1, 0.15) is 5.75 Å². The molecule has 0 fully saturated rings. The van der Waals surface area contributed by atoms with Crippen LogP contribution in [0.3, 0.4) is 0 Å². The highest BCUT2D eigenvalue weighted by Crippen LogP contribution is 2.36. The third-order valence-corrected chi connectivity index (χ3v) is 4.26. The number of rotatable bonds is 4. The van der Waals surface area contributed by atoms with Gasteiger partial charge in [0.25, 0.3) is 5.56 Å². The molecule has 0 atom stereocenters. The van der Waals surface area contributed by atoms with Crippen LogP contribution in [0.4, 0.5) is 10.1 Å². The Morgan fingerprint density at radius 3 is 2.74 bits per heavy atom. The molecule has 0 radical (unpaired) electrons. The van der Waals surface area contributed by atoms with Crippen LogP contribution in [0.2, 0.25) is 10.0 Å². The van der Waals surface area contributed by atoms with Gasteiger partial charge in [-0.15, -0.1) is 0 Å². The Morgan fingerprint density at radius 1 is 1.26 bits per heavy atom. The molecular weight excluding hydrogens is 392 g/mol. The van der Waals surface area contributed by atoms with E-state index in [1.807, 2.05) is 0 Å². The van der Waals surface area contributed by atoms with E-state index in [2.05, 4.69) is 15.0 Å². The fourth-order valence-corrected chi connectivity index (χ4v) is 2.84. The summed E-state index contributed by atoms with van der Waals surface area (Å²) in [6.07, 6.45) is 0.139. The van der Waals surface area contributed by atoms with Gasteiger partial charge in [-0.25, -0.2) is 14.3 Å². The number of H-pyrrole nitrogens is 1. The molecule has 0 saturated heterocycles. The number of benzene rings is 2. The van der Waals surface area contributed by atoms with Gasteiger partial charge in [0.15, 0.2) is 17.3 Å². The van der Waals surface area contributed by atoms with Crippen molar-refractivity contribution in [1.82, 2.24) is 10.2 Å². The first-order valence-corrected chi connectivity index (χ1v) is 8.51. The van der Waals surface area contributed by atoms with E-state index in [0.717, 1.165) is 0 Å². The summed E-state index contributed by atoms with van der Waals surface area (Å²) < 4.78 is 20.5. The molecule has 0 aliphatic heterocycles. The van der Waals surface area contributed by atoms with E-state index in [1.165, 1.54) is 30.3 Å². The zero-order valence-electron chi connectivity index (χ0n) is 14.0. The van der Waals surface area contributed by atoms with Crippen LogP contribution in [-0.4, -0.2) is 10.2 Å². The number of halogens is 3. The Kier molecular flexibility index (Phi) is 5.45. The van der Waals surface area contributed by atoms with Crippen molar-refractivity contribution < 1.29 is 9.13 Å². The van der Waals surface area contributed by atoms with Crippen LogP contribution in [0.5, 0.6) is 11.5 Å². The van der Waals surface area contributed by atoms with Crippen LogP contribution in [-0.2, 0) is 6.42 Å². The number of hydrogen-bond donors (Lipinski definition) is 1. The van der Waals surface area contributed by atoms with Crippen molar-refractivity contribution in [2.24, 2.45) is 0 Å². The zero-order chi connectivity index (χ0) is 19.6. The first-order chi connectivity index (χ1) is 12.9. The molecule has 5 nitrogen and oxygen atoms in total. The number of ether oxygens (including phenoxy) is 1. The van der Waals surface area contributed by atoms with Crippen LogP contribution in [0, 0.1) is 19.3 Å². The molecule has 3 rings (SSSR count). The highest BCUT2D eigenvalue weighted by Gasteiger charge is 2.16. The van der Waals surface area contributed by atoms with Gasteiger partial charge in [-0.05, 0) is 42.8 Å². The van der Waals surface area contributed by atoms with Gasteiger partial charge >= 0.3 is 0 Å². The molecule has 8 heteroatoms. The fourth-order valence-electron chi connectivity index (χ4n) is 2.44. The molecule has 0 aliphatic rings. The number of nitrogens with zero attached hydrogens (tertiary/aromatic N) is 2. The lowest BCUT2D eigenvalue weighted by Gasteiger charge is -2.12. The zero-order valence-corrected chi connectivity index (χ0v) is 15.5. The van der Waals surface area contributed by atoms with Gasteiger partial charge in [-0.3, -0.25) is 4.79 Å². The van der Waals surface area contributed by atoms with Crippen molar-refractivity contribution in [2.45, 2.75) is 13.3 Å². The van der Waals surface area contributed by atoms with Gasteiger partial charge < -0.3 is 4.74 Å². The fraction of sp³-hybridized carbons (Fsp3) is 0.105. The van der Waals surface area contributed by atoms with Crippen molar-refractivity contribution in [3.05, 3.63) is 90.9 Å². The normalized spacial score (nSPS) is 10.5. The van der Waals surface area contributed by atoms with Crippen LogP contribution < -0.4 is 10.3 Å². The first-order valence-electron chi connectivity index (χ1n) is 7.75. The second kappa shape index (κ2) is 7.78. The Bertz CT molecular complexity index is 1120. The van der Waals surface area contributed by atoms with E-state index in [4.69, 9.17) is 34.5 Å². The maximum Gasteiger partial charge on any atom is 0.267 e. The molecule has 1 heterocycles. The highest BCUT2D eigenvalue weighted by molar-refractivity contribution is 6.32. The Balaban J connectivity index is 1.96. The van der Waals surface area contributed by atoms with Crippen LogP contribution in [0.25, 0.3) is 4.85 Å². The summed E-state index contributed by atoms with van der Waals surface area (Å²) in [5.74, 6) is -0.629. The number of aromatic nitrogens is 2. The van der Waals surface area contributed by atoms with Crippen molar-refractivity contribution in [2.75, 3.05) is 0 Å². The van der Waals surface area contributed by atoms with Crippen LogP contribution in [0.1, 0.15) is 16.8 Å². The van der Waals surface area contributed by atoms with Crippen molar-refractivity contribution >= 4 is 28.9 Å². The molecule has 3 aromatic rings.